The Kier molecular flexibility index (Phi) is 3.86. The first kappa shape index (κ1) is 10.2. The van der Waals surface area contributed by atoms with Crippen LogP contribution in [0, 0.1) is 5.82 Å². The molecule has 0 saturated heterocycles. The molecule has 0 saturated carbocycles. The minimum absolute atomic E-state index is 0.0467. The molecule has 0 aliphatic carbocycles. The maximum absolute atomic E-state index is 12.5. The Bertz CT molecular complexity index is 244. The fourth-order valence-corrected chi connectivity index (χ4v) is 1.16. The predicted molar refractivity (Wildman–Crippen MR) is 50.0 cm³/mol. The van der Waals surface area contributed by atoms with Gasteiger partial charge in [0.25, 0.3) is 0 Å². The quantitative estimate of drug-likeness (QED) is 0.728. The lowest BCUT2D eigenvalue weighted by Crippen LogP contribution is -2.31. The lowest BCUT2D eigenvalue weighted by molar-refractivity contribution is 0.248. The summed E-state index contributed by atoms with van der Waals surface area (Å²) in [4.78, 5) is 0. The molecule has 0 spiro atoms. The molecule has 1 atom stereocenters. The summed E-state index contributed by atoms with van der Waals surface area (Å²) < 4.78 is 12.5. The summed E-state index contributed by atoms with van der Waals surface area (Å²) in [6.45, 7) is 0.0911. The van der Waals surface area contributed by atoms with E-state index in [1.54, 1.807) is 19.2 Å². The number of nitrogens with one attached hydrogen (secondary N) is 1. The Hall–Kier alpha value is -0.930. The largest absolute Gasteiger partial charge is 0.395 e. The molecule has 1 unspecified atom stereocenters. The van der Waals surface area contributed by atoms with Gasteiger partial charge in [-0.25, -0.2) is 4.39 Å². The van der Waals surface area contributed by atoms with Crippen molar-refractivity contribution in [3.8, 4) is 0 Å². The highest BCUT2D eigenvalue weighted by Gasteiger charge is 2.04. The van der Waals surface area contributed by atoms with E-state index >= 15 is 0 Å². The molecule has 0 amide bonds. The smallest absolute Gasteiger partial charge is 0.123 e. The third-order valence-electron chi connectivity index (χ3n) is 2.02. The molecular formula is C10H14FNO. The lowest BCUT2D eigenvalue weighted by atomic mass is 10.1. The molecule has 0 fully saturated rings. The fourth-order valence-electron chi connectivity index (χ4n) is 1.16. The summed E-state index contributed by atoms with van der Waals surface area (Å²) in [7, 11) is 1.80. The fraction of sp³-hybridized carbons (Fsp3) is 0.400. The molecule has 2 N–H and O–H groups in total. The van der Waals surface area contributed by atoms with Crippen LogP contribution in [0.5, 0.6) is 0 Å². The van der Waals surface area contributed by atoms with E-state index in [1.165, 1.54) is 12.1 Å². The van der Waals surface area contributed by atoms with Gasteiger partial charge in [0.1, 0.15) is 5.82 Å². The summed E-state index contributed by atoms with van der Waals surface area (Å²) in [6.07, 6.45) is 0.716. The molecule has 72 valence electrons. The van der Waals surface area contributed by atoms with E-state index in [4.69, 9.17) is 5.11 Å². The van der Waals surface area contributed by atoms with Gasteiger partial charge in [-0.05, 0) is 31.2 Å². The number of rotatable bonds is 4. The van der Waals surface area contributed by atoms with Crippen LogP contribution in [0.15, 0.2) is 24.3 Å². The average Bonchev–Trinajstić information content (AvgIpc) is 2.17. The van der Waals surface area contributed by atoms with Gasteiger partial charge in [0.05, 0.1) is 6.61 Å². The zero-order valence-corrected chi connectivity index (χ0v) is 7.63. The molecule has 0 aliphatic heterocycles. The van der Waals surface area contributed by atoms with Crippen molar-refractivity contribution in [1.29, 1.82) is 0 Å². The van der Waals surface area contributed by atoms with Crippen molar-refractivity contribution >= 4 is 0 Å². The Morgan fingerprint density at radius 2 is 2.00 bits per heavy atom. The average molecular weight is 183 g/mol. The SMILES string of the molecule is CNC(CO)Cc1ccc(F)cc1. The second kappa shape index (κ2) is 4.94. The van der Waals surface area contributed by atoms with Gasteiger partial charge in [0.2, 0.25) is 0 Å². The van der Waals surface area contributed by atoms with E-state index in [2.05, 4.69) is 5.32 Å². The summed E-state index contributed by atoms with van der Waals surface area (Å²) in [5, 5.41) is 11.9. The van der Waals surface area contributed by atoms with Gasteiger partial charge in [0.15, 0.2) is 0 Å². The second-order valence-electron chi connectivity index (χ2n) is 3.00. The molecule has 1 aromatic rings. The maximum atomic E-state index is 12.5. The minimum Gasteiger partial charge on any atom is -0.395 e. The van der Waals surface area contributed by atoms with Crippen LogP contribution in [-0.2, 0) is 6.42 Å². The first-order valence-electron chi connectivity index (χ1n) is 4.29. The van der Waals surface area contributed by atoms with Crippen molar-refractivity contribution in [1.82, 2.24) is 5.32 Å². The molecule has 1 rings (SSSR count). The summed E-state index contributed by atoms with van der Waals surface area (Å²) >= 11 is 0. The normalized spacial score (nSPS) is 12.8. The van der Waals surface area contributed by atoms with Gasteiger partial charge < -0.3 is 10.4 Å². The van der Waals surface area contributed by atoms with E-state index in [-0.39, 0.29) is 18.5 Å². The van der Waals surface area contributed by atoms with Gasteiger partial charge in [0, 0.05) is 6.04 Å². The topological polar surface area (TPSA) is 32.3 Å². The minimum atomic E-state index is -0.228. The van der Waals surface area contributed by atoms with Crippen LogP contribution in [-0.4, -0.2) is 24.8 Å². The van der Waals surface area contributed by atoms with Crippen LogP contribution >= 0.6 is 0 Å². The number of benzene rings is 1. The van der Waals surface area contributed by atoms with Crippen LogP contribution in [0.3, 0.4) is 0 Å². The van der Waals surface area contributed by atoms with E-state index in [0.717, 1.165) is 5.56 Å². The van der Waals surface area contributed by atoms with E-state index in [1.807, 2.05) is 0 Å². The number of hydrogen-bond donors (Lipinski definition) is 2. The number of hydrogen-bond acceptors (Lipinski definition) is 2. The van der Waals surface area contributed by atoms with Crippen molar-refractivity contribution in [2.45, 2.75) is 12.5 Å². The molecule has 0 aromatic heterocycles. The van der Waals surface area contributed by atoms with Crippen molar-refractivity contribution < 1.29 is 9.50 Å². The standard InChI is InChI=1S/C10H14FNO/c1-12-10(7-13)6-8-2-4-9(11)5-3-8/h2-5,10,12-13H,6-7H2,1H3. The number of aliphatic hydroxyl groups is 1. The molecule has 0 radical (unpaired) electrons. The van der Waals surface area contributed by atoms with Crippen LogP contribution in [0.2, 0.25) is 0 Å². The zero-order valence-electron chi connectivity index (χ0n) is 7.63. The summed E-state index contributed by atoms with van der Waals surface area (Å²) in [6, 6.07) is 6.37. The predicted octanol–water partition coefficient (Wildman–Crippen LogP) is 0.948. The molecule has 3 heteroatoms. The molecule has 13 heavy (non-hydrogen) atoms. The number of likely N-dealkylation sites (N-methyl/N-ethyl adjacent to an activating group) is 1. The summed E-state index contributed by atoms with van der Waals surface area (Å²) in [5.74, 6) is -0.228. The lowest BCUT2D eigenvalue weighted by Gasteiger charge is -2.12. The van der Waals surface area contributed by atoms with Crippen LogP contribution < -0.4 is 5.32 Å². The third-order valence-corrected chi connectivity index (χ3v) is 2.02. The van der Waals surface area contributed by atoms with Gasteiger partial charge in [-0.2, -0.15) is 0 Å². The van der Waals surface area contributed by atoms with Gasteiger partial charge in [-0.15, -0.1) is 0 Å². The van der Waals surface area contributed by atoms with E-state index in [0.29, 0.717) is 6.42 Å². The molecular weight excluding hydrogens is 169 g/mol. The van der Waals surface area contributed by atoms with E-state index < -0.39 is 0 Å². The first-order valence-corrected chi connectivity index (χ1v) is 4.29. The highest BCUT2D eigenvalue weighted by Crippen LogP contribution is 2.05. The van der Waals surface area contributed by atoms with Crippen LogP contribution in [0.25, 0.3) is 0 Å². The highest BCUT2D eigenvalue weighted by atomic mass is 19.1. The van der Waals surface area contributed by atoms with E-state index in [9.17, 15) is 4.39 Å². The molecule has 2 nitrogen and oxygen atoms in total. The third kappa shape index (κ3) is 3.13. The Morgan fingerprint density at radius 1 is 1.38 bits per heavy atom. The first-order chi connectivity index (χ1) is 6.26. The monoisotopic (exact) mass is 183 g/mol. The van der Waals surface area contributed by atoms with Gasteiger partial charge in [-0.3, -0.25) is 0 Å². The Morgan fingerprint density at radius 3 is 2.46 bits per heavy atom. The zero-order chi connectivity index (χ0) is 9.68. The Labute approximate surface area is 77.4 Å². The second-order valence-corrected chi connectivity index (χ2v) is 3.00. The highest BCUT2D eigenvalue weighted by molar-refractivity contribution is 5.17. The number of halogens is 1. The van der Waals surface area contributed by atoms with Crippen LogP contribution in [0.1, 0.15) is 5.56 Å². The Balaban J connectivity index is 2.58. The molecule has 1 aromatic carbocycles. The van der Waals surface area contributed by atoms with Crippen molar-refractivity contribution in [2.75, 3.05) is 13.7 Å². The van der Waals surface area contributed by atoms with Crippen molar-refractivity contribution in [2.24, 2.45) is 0 Å². The van der Waals surface area contributed by atoms with Gasteiger partial charge >= 0.3 is 0 Å². The molecule has 0 heterocycles. The molecule has 0 bridgehead atoms. The van der Waals surface area contributed by atoms with Crippen LogP contribution in [0.4, 0.5) is 4.39 Å². The summed E-state index contributed by atoms with van der Waals surface area (Å²) in [5.41, 5.74) is 1.02. The maximum Gasteiger partial charge on any atom is 0.123 e. The van der Waals surface area contributed by atoms with Crippen molar-refractivity contribution in [3.63, 3.8) is 0 Å². The van der Waals surface area contributed by atoms with Gasteiger partial charge in [-0.1, -0.05) is 12.1 Å². The van der Waals surface area contributed by atoms with Crippen molar-refractivity contribution in [3.05, 3.63) is 35.6 Å². The number of aliphatic hydroxyl groups excluding tert-OH is 1. The molecule has 0 aliphatic rings.